The van der Waals surface area contributed by atoms with E-state index >= 15 is 0 Å². The van der Waals surface area contributed by atoms with Gasteiger partial charge in [-0.15, -0.1) is 0 Å². The highest BCUT2D eigenvalue weighted by atomic mass is 15.1. The van der Waals surface area contributed by atoms with E-state index < -0.39 is 0 Å². The molecule has 2 unspecified atom stereocenters. The topological polar surface area (TPSA) is 3.88 Å². The zero-order chi connectivity index (χ0) is 29.2. The molecule has 1 fully saturated rings. The molecule has 1 aromatic heterocycles. The van der Waals surface area contributed by atoms with Crippen molar-refractivity contribution in [2.45, 2.75) is 82.6 Å². The summed E-state index contributed by atoms with van der Waals surface area (Å²) in [6.45, 7) is 14.4. The van der Waals surface area contributed by atoms with Gasteiger partial charge in [-0.2, -0.15) is 4.57 Å². The number of pyridine rings is 1. The molecule has 0 saturated heterocycles. The summed E-state index contributed by atoms with van der Waals surface area (Å²) < 4.78 is 2.76. The van der Waals surface area contributed by atoms with Gasteiger partial charge in [-0.25, -0.2) is 0 Å². The Morgan fingerprint density at radius 2 is 1.35 bits per heavy atom. The van der Waals surface area contributed by atoms with E-state index in [4.69, 9.17) is 6.58 Å². The molecule has 2 atom stereocenters. The molecule has 2 heterocycles. The number of rotatable bonds is 3. The van der Waals surface area contributed by atoms with E-state index in [2.05, 4.69) is 117 Å². The summed E-state index contributed by atoms with van der Waals surface area (Å²) in [6, 6.07) is 32.7. The van der Waals surface area contributed by atoms with Crippen LogP contribution in [-0.4, -0.2) is 0 Å². The average molecular weight is 559 g/mol. The van der Waals surface area contributed by atoms with Gasteiger partial charge < -0.3 is 0 Å². The third-order valence-electron chi connectivity index (χ3n) is 12.1. The normalized spacial score (nSPS) is 21.3. The number of nitrogens with zero attached hydrogens (tertiary/aromatic N) is 1. The van der Waals surface area contributed by atoms with Gasteiger partial charge >= 0.3 is 0 Å². The summed E-state index contributed by atoms with van der Waals surface area (Å²) >= 11 is 0. The first kappa shape index (κ1) is 25.5. The van der Waals surface area contributed by atoms with Crippen molar-refractivity contribution in [2.24, 2.45) is 0 Å². The Bertz CT molecular complexity index is 2030. The van der Waals surface area contributed by atoms with Crippen molar-refractivity contribution in [2.75, 3.05) is 0 Å². The number of hydrogen-bond donors (Lipinski definition) is 0. The first-order chi connectivity index (χ1) is 20.9. The standard InChI is InChI=1S/C42H40N/c1-6-42(7-2)25(3)30-20-18-26(27-19-21-32-31-12-8-10-14-35(31)41(4,5)36(32)24-27)23-34(30)40-39-29-17-16-28(22-29)38(39)33-13-9-11-15-37(33)43(40)42/h8-15,18-21,23-24,28-29H,3,6-7,16-17,22H2,1-2,4-5H3/q+1. The average Bonchev–Trinajstić information content (AvgIpc) is 3.73. The molecule has 2 bridgehead atoms. The maximum atomic E-state index is 4.87. The summed E-state index contributed by atoms with van der Waals surface area (Å²) in [4.78, 5) is 0. The van der Waals surface area contributed by atoms with Crippen LogP contribution in [0.1, 0.15) is 99.5 Å². The molecule has 1 saturated carbocycles. The maximum Gasteiger partial charge on any atom is 0.218 e. The lowest BCUT2D eigenvalue weighted by Crippen LogP contribution is -2.60. The number of fused-ring (bicyclic) bond motifs is 15. The van der Waals surface area contributed by atoms with Crippen LogP contribution in [0.4, 0.5) is 0 Å². The van der Waals surface area contributed by atoms with Gasteiger partial charge in [0.15, 0.2) is 5.54 Å². The van der Waals surface area contributed by atoms with E-state index in [1.807, 2.05) is 0 Å². The van der Waals surface area contributed by atoms with Crippen LogP contribution < -0.4 is 4.57 Å². The Hall–Kier alpha value is -3.97. The van der Waals surface area contributed by atoms with E-state index in [0.29, 0.717) is 11.8 Å². The fourth-order valence-electron chi connectivity index (χ4n) is 9.92. The van der Waals surface area contributed by atoms with Crippen molar-refractivity contribution in [3.63, 3.8) is 0 Å². The fraction of sp³-hybridized carbons (Fsp3) is 0.310. The number of para-hydroxylation sites is 1. The smallest absolute Gasteiger partial charge is 0.181 e. The predicted molar refractivity (Wildman–Crippen MR) is 180 cm³/mol. The minimum absolute atomic E-state index is 0.00624. The Kier molecular flexibility index (Phi) is 5.08. The van der Waals surface area contributed by atoms with E-state index in [1.165, 1.54) is 85.9 Å². The molecule has 3 aliphatic carbocycles. The SMILES string of the molecule is C=C1c2ccc(-c3ccc4c(c3)C(C)(C)c3ccccc3-4)cc2-c2c3c(c4ccccc4[n+]2C1(CC)CC)C1CCC3C1. The molecule has 0 radical (unpaired) electrons. The molecule has 9 rings (SSSR count). The number of allylic oxidation sites excluding steroid dienone is 1. The van der Waals surface area contributed by atoms with Crippen molar-refractivity contribution in [1.82, 2.24) is 0 Å². The second kappa shape index (κ2) is 8.56. The summed E-state index contributed by atoms with van der Waals surface area (Å²) in [5, 5.41) is 1.48. The monoisotopic (exact) mass is 558 g/mol. The molecule has 0 N–H and O–H groups in total. The quantitative estimate of drug-likeness (QED) is 0.194. The van der Waals surface area contributed by atoms with Gasteiger partial charge in [-0.05, 0) is 93.8 Å². The van der Waals surface area contributed by atoms with Crippen LogP contribution in [0.25, 0.3) is 50.0 Å². The van der Waals surface area contributed by atoms with Crippen molar-refractivity contribution in [3.05, 3.63) is 119 Å². The van der Waals surface area contributed by atoms with E-state index in [9.17, 15) is 0 Å². The predicted octanol–water partition coefficient (Wildman–Crippen LogP) is 10.7. The van der Waals surface area contributed by atoms with Gasteiger partial charge in [0, 0.05) is 35.5 Å². The van der Waals surface area contributed by atoms with Crippen LogP contribution in [0.2, 0.25) is 0 Å². The summed E-state index contributed by atoms with van der Waals surface area (Å²) in [5.41, 5.74) is 18.3. The number of aromatic nitrogens is 1. The first-order valence-electron chi connectivity index (χ1n) is 16.5. The molecule has 43 heavy (non-hydrogen) atoms. The van der Waals surface area contributed by atoms with E-state index in [1.54, 1.807) is 11.1 Å². The second-order valence-electron chi connectivity index (χ2n) is 14.1. The third-order valence-corrected chi connectivity index (χ3v) is 12.1. The second-order valence-corrected chi connectivity index (χ2v) is 14.1. The highest BCUT2D eigenvalue weighted by molar-refractivity contribution is 5.93. The fourth-order valence-corrected chi connectivity index (χ4v) is 9.92. The van der Waals surface area contributed by atoms with Gasteiger partial charge in [0.25, 0.3) is 0 Å². The zero-order valence-electron chi connectivity index (χ0n) is 25.9. The van der Waals surface area contributed by atoms with Crippen LogP contribution in [0.15, 0.2) is 91.5 Å². The molecule has 4 aliphatic rings. The van der Waals surface area contributed by atoms with Crippen molar-refractivity contribution < 1.29 is 4.57 Å². The molecule has 0 amide bonds. The van der Waals surface area contributed by atoms with Gasteiger partial charge in [0.05, 0.1) is 10.9 Å². The Balaban J connectivity index is 1.32. The maximum absolute atomic E-state index is 4.87. The van der Waals surface area contributed by atoms with Crippen LogP contribution in [0, 0.1) is 0 Å². The van der Waals surface area contributed by atoms with Crippen LogP contribution in [-0.2, 0) is 11.0 Å². The molecule has 212 valence electrons. The molecule has 0 spiro atoms. The highest BCUT2D eigenvalue weighted by Gasteiger charge is 2.53. The number of benzene rings is 4. The molecular weight excluding hydrogens is 518 g/mol. The lowest BCUT2D eigenvalue weighted by Gasteiger charge is -2.37. The van der Waals surface area contributed by atoms with Crippen molar-refractivity contribution in [1.29, 1.82) is 0 Å². The lowest BCUT2D eigenvalue weighted by atomic mass is 9.72. The van der Waals surface area contributed by atoms with Gasteiger partial charge in [0.2, 0.25) is 11.2 Å². The highest BCUT2D eigenvalue weighted by Crippen LogP contribution is 2.59. The minimum atomic E-state index is -0.121. The largest absolute Gasteiger partial charge is 0.218 e. The Labute approximate surface area is 255 Å². The van der Waals surface area contributed by atoms with Gasteiger partial charge in [0.1, 0.15) is 0 Å². The third kappa shape index (κ3) is 3.06. The Morgan fingerprint density at radius 1 is 0.698 bits per heavy atom. The molecule has 1 heteroatoms. The van der Waals surface area contributed by atoms with Crippen molar-refractivity contribution >= 4 is 16.5 Å². The van der Waals surface area contributed by atoms with E-state index in [-0.39, 0.29) is 11.0 Å². The summed E-state index contributed by atoms with van der Waals surface area (Å²) in [7, 11) is 0. The molecular formula is C42H40N+. The summed E-state index contributed by atoms with van der Waals surface area (Å²) in [6.07, 6.45) is 6.06. The number of hydrogen-bond acceptors (Lipinski definition) is 0. The van der Waals surface area contributed by atoms with Gasteiger partial charge in [-0.3, -0.25) is 0 Å². The Morgan fingerprint density at radius 3 is 2.14 bits per heavy atom. The zero-order valence-corrected chi connectivity index (χ0v) is 25.9. The molecule has 4 aromatic carbocycles. The van der Waals surface area contributed by atoms with Crippen LogP contribution >= 0.6 is 0 Å². The van der Waals surface area contributed by atoms with Crippen LogP contribution in [0.5, 0.6) is 0 Å². The molecule has 5 aromatic rings. The van der Waals surface area contributed by atoms with Crippen molar-refractivity contribution in [3.8, 4) is 33.5 Å². The van der Waals surface area contributed by atoms with E-state index in [0.717, 1.165) is 12.8 Å². The summed E-state index contributed by atoms with van der Waals surface area (Å²) in [5.74, 6) is 1.37. The minimum Gasteiger partial charge on any atom is -0.181 e. The van der Waals surface area contributed by atoms with Crippen LogP contribution in [0.3, 0.4) is 0 Å². The lowest BCUT2D eigenvalue weighted by molar-refractivity contribution is -0.718. The first-order valence-corrected chi connectivity index (χ1v) is 16.5. The van der Waals surface area contributed by atoms with Gasteiger partial charge in [-0.1, -0.05) is 94.9 Å². The molecule has 1 nitrogen and oxygen atoms in total. The molecule has 1 aliphatic heterocycles.